The number of hydrogen-bond acceptors (Lipinski definition) is 7. The first-order valence-corrected chi connectivity index (χ1v) is 17.0. The molecule has 2 aromatic carbocycles. The fourth-order valence-corrected chi connectivity index (χ4v) is 9.25. The summed E-state index contributed by atoms with van der Waals surface area (Å²) in [5.41, 5.74) is 2.79. The van der Waals surface area contributed by atoms with Crippen LogP contribution in [0.4, 0.5) is 0 Å². The van der Waals surface area contributed by atoms with Gasteiger partial charge in [-0.1, -0.05) is 49.7 Å². The standard InChI is InChI=1S/C38H46N2O6/c1-23(2)21-40(33(43)14-11-27-8-6-7-24(3)19-27)30-15-16-38(46-26(5)42)32-20-29-12-13-31(44-25(4)41)35-34(29)37(38,36(30)45-35)17-18-39(32)22-28-9-10-28/h6-8,11-14,19,23,28,30,32,36H,9-10,15-18,20-22H2,1-5H3/b14-11+/t30?,32-,36?,37+,38-/m1/s1. The summed E-state index contributed by atoms with van der Waals surface area (Å²) in [7, 11) is 0. The van der Waals surface area contributed by atoms with Crippen molar-refractivity contribution in [3.05, 3.63) is 64.7 Å². The third kappa shape index (κ3) is 5.04. The molecule has 2 bridgehead atoms. The van der Waals surface area contributed by atoms with E-state index in [2.05, 4.69) is 30.9 Å². The molecule has 8 heteroatoms. The number of rotatable bonds is 9. The first kappa shape index (κ1) is 31.0. The van der Waals surface area contributed by atoms with Gasteiger partial charge in [-0.05, 0) is 87.1 Å². The molecule has 3 fully saturated rings. The zero-order valence-corrected chi connectivity index (χ0v) is 27.7. The van der Waals surface area contributed by atoms with Crippen molar-refractivity contribution in [2.45, 2.75) is 102 Å². The second-order valence-electron chi connectivity index (χ2n) is 14.7. The van der Waals surface area contributed by atoms with E-state index < -0.39 is 23.1 Å². The molecule has 8 nitrogen and oxygen atoms in total. The van der Waals surface area contributed by atoms with Crippen molar-refractivity contribution in [3.63, 3.8) is 0 Å². The van der Waals surface area contributed by atoms with Crippen LogP contribution in [0, 0.1) is 18.8 Å². The number of carbonyl (C=O) groups is 3. The molecule has 5 atom stereocenters. The fourth-order valence-electron chi connectivity index (χ4n) is 9.25. The second-order valence-corrected chi connectivity index (χ2v) is 14.7. The van der Waals surface area contributed by atoms with Crippen LogP contribution < -0.4 is 9.47 Å². The highest BCUT2D eigenvalue weighted by Gasteiger charge is 2.76. The summed E-state index contributed by atoms with van der Waals surface area (Å²) in [4.78, 5) is 44.1. The molecule has 1 amide bonds. The largest absolute Gasteiger partial charge is 0.483 e. The Morgan fingerprint density at radius 3 is 2.59 bits per heavy atom. The summed E-state index contributed by atoms with van der Waals surface area (Å²) in [6.45, 7) is 11.6. The molecule has 2 saturated carbocycles. The monoisotopic (exact) mass is 626 g/mol. The number of piperidine rings is 1. The number of likely N-dealkylation sites (tertiary alicyclic amines) is 1. The molecule has 2 heterocycles. The third-order valence-corrected chi connectivity index (χ3v) is 11.0. The topological polar surface area (TPSA) is 85.4 Å². The van der Waals surface area contributed by atoms with Crippen molar-refractivity contribution >= 4 is 23.9 Å². The maximum Gasteiger partial charge on any atom is 0.308 e. The highest BCUT2D eigenvalue weighted by molar-refractivity contribution is 5.92. The minimum Gasteiger partial charge on any atom is -0.483 e. The lowest BCUT2D eigenvalue weighted by atomic mass is 9.48. The highest BCUT2D eigenvalue weighted by Crippen LogP contribution is 2.67. The molecule has 2 aliphatic heterocycles. The third-order valence-electron chi connectivity index (χ3n) is 11.0. The summed E-state index contributed by atoms with van der Waals surface area (Å²) in [5, 5.41) is 0. The zero-order valence-electron chi connectivity index (χ0n) is 27.7. The van der Waals surface area contributed by atoms with E-state index in [1.54, 1.807) is 6.08 Å². The van der Waals surface area contributed by atoms with Crippen molar-refractivity contribution in [2.24, 2.45) is 11.8 Å². The van der Waals surface area contributed by atoms with E-state index in [9.17, 15) is 14.4 Å². The number of benzene rings is 2. The Bertz CT molecular complexity index is 1600. The number of ether oxygens (including phenoxy) is 3. The van der Waals surface area contributed by atoms with Gasteiger partial charge in [0, 0.05) is 38.6 Å². The molecular weight excluding hydrogens is 580 g/mol. The van der Waals surface area contributed by atoms with Gasteiger partial charge in [-0.15, -0.1) is 0 Å². The molecule has 3 aliphatic carbocycles. The van der Waals surface area contributed by atoms with Gasteiger partial charge in [0.05, 0.1) is 17.5 Å². The van der Waals surface area contributed by atoms with Gasteiger partial charge in [0.2, 0.25) is 5.91 Å². The molecular formula is C38H46N2O6. The second kappa shape index (κ2) is 11.5. The SMILES string of the molecule is CC(=O)Oc1ccc2c3c1OC1C(N(CC(C)C)C(=O)/C=C/c4cccc(C)c4)CC[C@@]4(OC(C)=O)[C@@H](C2)N(CC2CC2)CC[C@]314. The Hall–Kier alpha value is -3.65. The number of amides is 1. The minimum absolute atomic E-state index is 0.00583. The lowest BCUT2D eigenvalue weighted by Crippen LogP contribution is -2.79. The summed E-state index contributed by atoms with van der Waals surface area (Å²) in [5.74, 6) is 1.12. The lowest BCUT2D eigenvalue weighted by molar-refractivity contribution is -0.224. The molecule has 2 aromatic rings. The maximum absolute atomic E-state index is 14.2. The van der Waals surface area contributed by atoms with E-state index in [-0.39, 0.29) is 29.9 Å². The number of nitrogens with zero attached hydrogens (tertiary/aromatic N) is 2. The van der Waals surface area contributed by atoms with Gasteiger partial charge in [0.1, 0.15) is 11.7 Å². The number of aryl methyl sites for hydroxylation is 1. The Balaban J connectivity index is 1.35. The minimum atomic E-state index is -0.815. The van der Waals surface area contributed by atoms with Gasteiger partial charge < -0.3 is 19.1 Å². The van der Waals surface area contributed by atoms with Crippen molar-refractivity contribution in [3.8, 4) is 11.5 Å². The van der Waals surface area contributed by atoms with E-state index in [1.165, 1.54) is 26.7 Å². The first-order chi connectivity index (χ1) is 22.0. The van der Waals surface area contributed by atoms with Crippen LogP contribution in [-0.2, 0) is 31.0 Å². The maximum atomic E-state index is 14.2. The van der Waals surface area contributed by atoms with Crippen LogP contribution >= 0.6 is 0 Å². The normalized spacial score (nSPS) is 29.3. The van der Waals surface area contributed by atoms with Crippen LogP contribution in [0.15, 0.2) is 42.5 Å². The van der Waals surface area contributed by atoms with E-state index >= 15 is 0 Å². The molecule has 0 radical (unpaired) electrons. The fraction of sp³-hybridized carbons (Fsp3) is 0.553. The van der Waals surface area contributed by atoms with Crippen molar-refractivity contribution < 1.29 is 28.6 Å². The van der Waals surface area contributed by atoms with Crippen LogP contribution in [0.3, 0.4) is 0 Å². The highest BCUT2D eigenvalue weighted by atomic mass is 16.6. The zero-order chi connectivity index (χ0) is 32.4. The van der Waals surface area contributed by atoms with Gasteiger partial charge in [0.15, 0.2) is 11.5 Å². The summed E-state index contributed by atoms with van der Waals surface area (Å²) >= 11 is 0. The van der Waals surface area contributed by atoms with Crippen molar-refractivity contribution in [1.29, 1.82) is 0 Å². The summed E-state index contributed by atoms with van der Waals surface area (Å²) in [6.07, 6.45) is 8.33. The quantitative estimate of drug-likeness (QED) is 0.203. The number of esters is 2. The van der Waals surface area contributed by atoms with Gasteiger partial charge >= 0.3 is 11.9 Å². The number of carbonyl (C=O) groups excluding carboxylic acids is 3. The van der Waals surface area contributed by atoms with Gasteiger partial charge in [-0.25, -0.2) is 0 Å². The summed E-state index contributed by atoms with van der Waals surface area (Å²) in [6, 6.07) is 11.8. The van der Waals surface area contributed by atoms with E-state index in [0.717, 1.165) is 48.2 Å². The summed E-state index contributed by atoms with van der Waals surface area (Å²) < 4.78 is 19.4. The van der Waals surface area contributed by atoms with E-state index in [1.807, 2.05) is 42.2 Å². The average molecular weight is 627 g/mol. The van der Waals surface area contributed by atoms with Gasteiger partial charge in [-0.2, -0.15) is 0 Å². The molecule has 1 saturated heterocycles. The number of hydrogen-bond donors (Lipinski definition) is 0. The average Bonchev–Trinajstić information content (AvgIpc) is 3.74. The van der Waals surface area contributed by atoms with Crippen LogP contribution in [0.2, 0.25) is 0 Å². The Kier molecular flexibility index (Phi) is 7.78. The van der Waals surface area contributed by atoms with Crippen LogP contribution in [0.25, 0.3) is 6.08 Å². The molecule has 1 spiro atoms. The molecule has 2 unspecified atom stereocenters. The van der Waals surface area contributed by atoms with Crippen molar-refractivity contribution in [2.75, 3.05) is 19.6 Å². The molecule has 7 rings (SSSR count). The van der Waals surface area contributed by atoms with Crippen LogP contribution in [-0.4, -0.2) is 71.1 Å². The van der Waals surface area contributed by atoms with E-state index in [4.69, 9.17) is 14.2 Å². The Labute approximate surface area is 272 Å². The Morgan fingerprint density at radius 1 is 1.09 bits per heavy atom. The van der Waals surface area contributed by atoms with Crippen molar-refractivity contribution in [1.82, 2.24) is 9.80 Å². The molecule has 244 valence electrons. The van der Waals surface area contributed by atoms with E-state index in [0.29, 0.717) is 36.8 Å². The van der Waals surface area contributed by atoms with Crippen LogP contribution in [0.1, 0.15) is 82.1 Å². The van der Waals surface area contributed by atoms with Gasteiger partial charge in [-0.3, -0.25) is 19.3 Å². The molecule has 46 heavy (non-hydrogen) atoms. The van der Waals surface area contributed by atoms with Gasteiger partial charge in [0.25, 0.3) is 0 Å². The predicted octanol–water partition coefficient (Wildman–Crippen LogP) is 5.62. The Morgan fingerprint density at radius 2 is 1.89 bits per heavy atom. The molecule has 0 aromatic heterocycles. The van der Waals surface area contributed by atoms with Crippen LogP contribution in [0.5, 0.6) is 11.5 Å². The molecule has 0 N–H and O–H groups in total. The predicted molar refractivity (Wildman–Crippen MR) is 175 cm³/mol. The molecule has 5 aliphatic rings. The smallest absolute Gasteiger partial charge is 0.308 e. The first-order valence-electron chi connectivity index (χ1n) is 17.0. The lowest BCUT2D eigenvalue weighted by Gasteiger charge is -2.65.